The summed E-state index contributed by atoms with van der Waals surface area (Å²) in [4.78, 5) is 33.9. The minimum Gasteiger partial charge on any atom is -0.497 e. The molecule has 8 nitrogen and oxygen atoms in total. The summed E-state index contributed by atoms with van der Waals surface area (Å²) in [5.41, 5.74) is 2.19. The SMILES string of the molecule is COc1ccc(C2CN(C(=O)c3cccnc3Nc3cccc(OC)c3)CCN2C(C)=O)cc1. The highest BCUT2D eigenvalue weighted by Gasteiger charge is 2.33. The van der Waals surface area contributed by atoms with E-state index in [4.69, 9.17) is 9.47 Å². The lowest BCUT2D eigenvalue weighted by molar-refractivity contribution is -0.133. The molecule has 2 heterocycles. The summed E-state index contributed by atoms with van der Waals surface area (Å²) >= 11 is 0. The molecule has 1 atom stereocenters. The Morgan fingerprint density at radius 2 is 1.74 bits per heavy atom. The van der Waals surface area contributed by atoms with Crippen LogP contribution in [0.25, 0.3) is 0 Å². The topological polar surface area (TPSA) is 84.0 Å². The zero-order chi connectivity index (χ0) is 24.1. The second-order valence-corrected chi connectivity index (χ2v) is 8.01. The van der Waals surface area contributed by atoms with Crippen molar-refractivity contribution in [1.29, 1.82) is 0 Å². The molecule has 176 valence electrons. The van der Waals surface area contributed by atoms with Gasteiger partial charge in [0.2, 0.25) is 5.91 Å². The van der Waals surface area contributed by atoms with Gasteiger partial charge < -0.3 is 24.6 Å². The molecule has 3 aromatic rings. The molecule has 1 N–H and O–H groups in total. The number of nitrogens with one attached hydrogen (secondary N) is 1. The van der Waals surface area contributed by atoms with Gasteiger partial charge in [-0.3, -0.25) is 9.59 Å². The Bertz CT molecular complexity index is 1170. The summed E-state index contributed by atoms with van der Waals surface area (Å²) in [6.45, 7) is 2.85. The number of carbonyl (C=O) groups is 2. The summed E-state index contributed by atoms with van der Waals surface area (Å²) in [6, 6.07) is 18.3. The number of nitrogens with zero attached hydrogens (tertiary/aromatic N) is 3. The van der Waals surface area contributed by atoms with Crippen LogP contribution in [0.1, 0.15) is 28.9 Å². The highest BCUT2D eigenvalue weighted by Crippen LogP contribution is 2.29. The van der Waals surface area contributed by atoms with E-state index in [0.717, 1.165) is 17.0 Å². The number of ether oxygens (including phenoxy) is 2. The summed E-state index contributed by atoms with van der Waals surface area (Å²) in [7, 11) is 3.22. The molecule has 34 heavy (non-hydrogen) atoms. The monoisotopic (exact) mass is 460 g/mol. The fraction of sp³-hybridized carbons (Fsp3) is 0.269. The van der Waals surface area contributed by atoms with E-state index in [1.165, 1.54) is 0 Å². The van der Waals surface area contributed by atoms with Gasteiger partial charge in [-0.1, -0.05) is 18.2 Å². The number of pyridine rings is 1. The van der Waals surface area contributed by atoms with Crippen molar-refractivity contribution in [3.63, 3.8) is 0 Å². The molecule has 2 aromatic carbocycles. The normalized spacial score (nSPS) is 15.6. The van der Waals surface area contributed by atoms with Crippen LogP contribution in [0.3, 0.4) is 0 Å². The van der Waals surface area contributed by atoms with Crippen molar-refractivity contribution in [1.82, 2.24) is 14.8 Å². The van der Waals surface area contributed by atoms with E-state index in [1.807, 2.05) is 53.4 Å². The van der Waals surface area contributed by atoms with Gasteiger partial charge in [-0.25, -0.2) is 4.98 Å². The molecule has 0 saturated carbocycles. The van der Waals surface area contributed by atoms with E-state index in [2.05, 4.69) is 10.3 Å². The molecule has 1 aliphatic rings. The van der Waals surface area contributed by atoms with Crippen LogP contribution in [0.5, 0.6) is 11.5 Å². The van der Waals surface area contributed by atoms with Gasteiger partial charge in [-0.15, -0.1) is 0 Å². The maximum absolute atomic E-state index is 13.6. The van der Waals surface area contributed by atoms with Crippen LogP contribution in [-0.4, -0.2) is 60.5 Å². The Balaban J connectivity index is 1.58. The molecule has 0 radical (unpaired) electrons. The Labute approximate surface area is 199 Å². The number of piperazine rings is 1. The highest BCUT2D eigenvalue weighted by atomic mass is 16.5. The maximum atomic E-state index is 13.6. The molecular weight excluding hydrogens is 432 g/mol. The molecule has 2 amide bonds. The lowest BCUT2D eigenvalue weighted by atomic mass is 10.0. The Morgan fingerprint density at radius 3 is 2.44 bits per heavy atom. The quantitative estimate of drug-likeness (QED) is 0.601. The molecule has 0 spiro atoms. The van der Waals surface area contributed by atoms with Gasteiger partial charge in [-0.05, 0) is 42.0 Å². The minimum absolute atomic E-state index is 0.0188. The Hall–Kier alpha value is -4.07. The second kappa shape index (κ2) is 10.2. The van der Waals surface area contributed by atoms with Gasteiger partial charge in [0.25, 0.3) is 5.91 Å². The van der Waals surface area contributed by atoms with Crippen molar-refractivity contribution in [2.45, 2.75) is 13.0 Å². The van der Waals surface area contributed by atoms with E-state index >= 15 is 0 Å². The average Bonchev–Trinajstić information content (AvgIpc) is 2.88. The van der Waals surface area contributed by atoms with Crippen LogP contribution in [0.2, 0.25) is 0 Å². The maximum Gasteiger partial charge on any atom is 0.257 e. The molecule has 0 bridgehead atoms. The van der Waals surface area contributed by atoms with Gasteiger partial charge >= 0.3 is 0 Å². The number of rotatable bonds is 6. The standard InChI is InChI=1S/C26H28N4O4/c1-18(31)30-15-14-29(17-24(30)19-9-11-21(33-2)12-10-19)26(32)23-8-5-13-27-25(23)28-20-6-4-7-22(16-20)34-3/h4-13,16,24H,14-15,17H2,1-3H3,(H,27,28). The lowest BCUT2D eigenvalue weighted by Crippen LogP contribution is -2.51. The number of amides is 2. The smallest absolute Gasteiger partial charge is 0.257 e. The number of benzene rings is 2. The molecule has 1 aliphatic heterocycles. The third-order valence-electron chi connectivity index (χ3n) is 5.94. The van der Waals surface area contributed by atoms with Gasteiger partial charge in [0.1, 0.15) is 17.3 Å². The van der Waals surface area contributed by atoms with E-state index < -0.39 is 0 Å². The number of methoxy groups -OCH3 is 2. The lowest BCUT2D eigenvalue weighted by Gasteiger charge is -2.41. The predicted molar refractivity (Wildman–Crippen MR) is 130 cm³/mol. The van der Waals surface area contributed by atoms with Gasteiger partial charge in [0, 0.05) is 44.5 Å². The van der Waals surface area contributed by atoms with Crippen molar-refractivity contribution in [2.24, 2.45) is 0 Å². The van der Waals surface area contributed by atoms with Crippen molar-refractivity contribution >= 4 is 23.3 Å². The summed E-state index contributed by atoms with van der Waals surface area (Å²) < 4.78 is 10.5. The molecular formula is C26H28N4O4. The molecule has 0 aliphatic carbocycles. The third-order valence-corrected chi connectivity index (χ3v) is 5.94. The highest BCUT2D eigenvalue weighted by molar-refractivity contribution is 5.99. The van der Waals surface area contributed by atoms with Crippen molar-refractivity contribution in [3.05, 3.63) is 78.0 Å². The van der Waals surface area contributed by atoms with E-state index in [9.17, 15) is 9.59 Å². The minimum atomic E-state index is -0.243. The van der Waals surface area contributed by atoms with Crippen molar-refractivity contribution in [2.75, 3.05) is 39.2 Å². The van der Waals surface area contributed by atoms with Gasteiger partial charge in [0.15, 0.2) is 0 Å². The number of aromatic nitrogens is 1. The molecule has 1 saturated heterocycles. The van der Waals surface area contributed by atoms with E-state index in [1.54, 1.807) is 44.4 Å². The van der Waals surface area contributed by atoms with Crippen LogP contribution in [0.15, 0.2) is 66.9 Å². The molecule has 8 heteroatoms. The zero-order valence-electron chi connectivity index (χ0n) is 19.5. The first-order chi connectivity index (χ1) is 16.5. The number of hydrogen-bond donors (Lipinski definition) is 1. The number of carbonyl (C=O) groups excluding carboxylic acids is 2. The molecule has 1 unspecified atom stereocenters. The predicted octanol–water partition coefficient (Wildman–Crippen LogP) is 3.89. The first-order valence-corrected chi connectivity index (χ1v) is 11.1. The summed E-state index contributed by atoms with van der Waals surface area (Å²) in [5, 5.41) is 3.23. The number of anilines is 2. The van der Waals surface area contributed by atoms with Crippen LogP contribution >= 0.6 is 0 Å². The van der Waals surface area contributed by atoms with Crippen molar-refractivity contribution < 1.29 is 19.1 Å². The second-order valence-electron chi connectivity index (χ2n) is 8.01. The number of hydrogen-bond acceptors (Lipinski definition) is 6. The van der Waals surface area contributed by atoms with E-state index in [0.29, 0.717) is 36.8 Å². The van der Waals surface area contributed by atoms with Crippen LogP contribution in [-0.2, 0) is 4.79 Å². The average molecular weight is 461 g/mol. The summed E-state index contributed by atoms with van der Waals surface area (Å²) in [5.74, 6) is 1.76. The Morgan fingerprint density at radius 1 is 0.971 bits per heavy atom. The van der Waals surface area contributed by atoms with Gasteiger partial charge in [0.05, 0.1) is 25.8 Å². The molecule has 1 aromatic heterocycles. The first-order valence-electron chi connectivity index (χ1n) is 11.1. The fourth-order valence-corrected chi connectivity index (χ4v) is 4.14. The van der Waals surface area contributed by atoms with Crippen molar-refractivity contribution in [3.8, 4) is 11.5 Å². The fourth-order valence-electron chi connectivity index (χ4n) is 4.14. The Kier molecular flexibility index (Phi) is 6.96. The van der Waals surface area contributed by atoms with Crippen LogP contribution < -0.4 is 14.8 Å². The van der Waals surface area contributed by atoms with Crippen LogP contribution in [0.4, 0.5) is 11.5 Å². The summed E-state index contributed by atoms with van der Waals surface area (Å²) in [6.07, 6.45) is 1.65. The van der Waals surface area contributed by atoms with Gasteiger partial charge in [-0.2, -0.15) is 0 Å². The third kappa shape index (κ3) is 4.96. The molecule has 1 fully saturated rings. The molecule has 4 rings (SSSR count). The van der Waals surface area contributed by atoms with E-state index in [-0.39, 0.29) is 17.9 Å². The largest absolute Gasteiger partial charge is 0.497 e. The first kappa shape index (κ1) is 23.1. The zero-order valence-corrected chi connectivity index (χ0v) is 19.5. The van der Waals surface area contributed by atoms with Crippen LogP contribution in [0, 0.1) is 0 Å².